The van der Waals surface area contributed by atoms with Crippen LogP contribution in [0.4, 0.5) is 0 Å². The quantitative estimate of drug-likeness (QED) is 0.439. The fourth-order valence-corrected chi connectivity index (χ4v) is 4.15. The van der Waals surface area contributed by atoms with E-state index in [0.717, 1.165) is 32.8 Å². The molecule has 2 heterocycles. The predicted octanol–water partition coefficient (Wildman–Crippen LogP) is 3.32. The highest BCUT2D eigenvalue weighted by Gasteiger charge is 2.13. The van der Waals surface area contributed by atoms with E-state index in [9.17, 15) is 5.11 Å². The molecule has 0 aliphatic rings. The third kappa shape index (κ3) is 4.43. The van der Waals surface area contributed by atoms with E-state index in [4.69, 9.17) is 4.74 Å². The van der Waals surface area contributed by atoms with Gasteiger partial charge in [0.1, 0.15) is 11.9 Å². The molecule has 0 bridgehead atoms. The fourth-order valence-electron chi connectivity index (χ4n) is 3.10. The first kappa shape index (κ1) is 20.1. The summed E-state index contributed by atoms with van der Waals surface area (Å²) in [6.07, 6.45) is 1.21. The lowest BCUT2D eigenvalue weighted by atomic mass is 10.1. The first-order chi connectivity index (χ1) is 13.5. The van der Waals surface area contributed by atoms with Gasteiger partial charge in [-0.25, -0.2) is 0 Å². The Labute approximate surface area is 169 Å². The number of thiophene rings is 1. The highest BCUT2D eigenvalue weighted by Crippen LogP contribution is 2.29. The number of benzene rings is 1. The number of aliphatic hydroxyl groups excluding tert-OH is 1. The molecule has 0 spiro atoms. The van der Waals surface area contributed by atoms with Gasteiger partial charge < -0.3 is 20.5 Å². The molecule has 3 rings (SSSR count). The van der Waals surface area contributed by atoms with Crippen LogP contribution in [0, 0.1) is 13.8 Å². The Bertz CT molecular complexity index is 951. The van der Waals surface area contributed by atoms with Crippen molar-refractivity contribution in [1.29, 1.82) is 0 Å². The van der Waals surface area contributed by atoms with Crippen molar-refractivity contribution in [2.24, 2.45) is 4.99 Å². The van der Waals surface area contributed by atoms with Crippen LogP contribution in [-0.4, -0.2) is 36.8 Å². The number of guanidine groups is 1. The van der Waals surface area contributed by atoms with Gasteiger partial charge in [-0.3, -0.25) is 9.98 Å². The monoisotopic (exact) mass is 398 g/mol. The number of fused-ring (bicyclic) bond motifs is 1. The number of nitrogens with zero attached hydrogens (tertiary/aromatic N) is 2. The molecule has 1 aromatic carbocycles. The summed E-state index contributed by atoms with van der Waals surface area (Å²) in [5.74, 6) is 1.47. The summed E-state index contributed by atoms with van der Waals surface area (Å²) in [4.78, 5) is 9.65. The van der Waals surface area contributed by atoms with E-state index in [1.54, 1.807) is 25.5 Å². The van der Waals surface area contributed by atoms with E-state index in [0.29, 0.717) is 19.0 Å². The van der Waals surface area contributed by atoms with Crippen molar-refractivity contribution < 1.29 is 9.84 Å². The molecule has 0 saturated carbocycles. The molecule has 28 heavy (non-hydrogen) atoms. The van der Waals surface area contributed by atoms with Crippen molar-refractivity contribution in [1.82, 2.24) is 15.6 Å². The second kappa shape index (κ2) is 9.03. The van der Waals surface area contributed by atoms with Gasteiger partial charge in [0.25, 0.3) is 0 Å². The Hall–Kier alpha value is -2.64. The molecule has 0 fully saturated rings. The van der Waals surface area contributed by atoms with Gasteiger partial charge in [-0.2, -0.15) is 0 Å². The standard InChI is InChI=1S/C21H26N4O2S/c1-13-10-23-16(14(2)20(13)27-4)11-24-21(22-3)25-12-17(26)19-9-15-7-5-6-8-18(15)28-19/h5-10,17,26H,11-12H2,1-4H3,(H2,22,24,25). The summed E-state index contributed by atoms with van der Waals surface area (Å²) in [7, 11) is 3.37. The maximum atomic E-state index is 10.5. The van der Waals surface area contributed by atoms with Gasteiger partial charge in [0, 0.05) is 40.5 Å². The average molecular weight is 399 g/mol. The van der Waals surface area contributed by atoms with Crippen molar-refractivity contribution in [3.05, 3.63) is 58.2 Å². The Balaban J connectivity index is 1.59. The van der Waals surface area contributed by atoms with E-state index >= 15 is 0 Å². The van der Waals surface area contributed by atoms with Crippen LogP contribution in [0.3, 0.4) is 0 Å². The lowest BCUT2D eigenvalue weighted by Gasteiger charge is -2.16. The van der Waals surface area contributed by atoms with Crippen LogP contribution in [0.2, 0.25) is 0 Å². The minimum atomic E-state index is -0.602. The summed E-state index contributed by atoms with van der Waals surface area (Å²) in [5.41, 5.74) is 2.92. The summed E-state index contributed by atoms with van der Waals surface area (Å²) in [5, 5.41) is 18.1. The van der Waals surface area contributed by atoms with E-state index in [1.807, 2.05) is 38.2 Å². The first-order valence-corrected chi connectivity index (χ1v) is 9.95. The van der Waals surface area contributed by atoms with Crippen LogP contribution in [0.25, 0.3) is 10.1 Å². The van der Waals surface area contributed by atoms with E-state index in [-0.39, 0.29) is 0 Å². The van der Waals surface area contributed by atoms with E-state index in [2.05, 4.69) is 32.7 Å². The number of nitrogens with one attached hydrogen (secondary N) is 2. The second-order valence-corrected chi connectivity index (χ2v) is 7.67. The molecule has 1 atom stereocenters. The highest BCUT2D eigenvalue weighted by atomic mass is 32.1. The summed E-state index contributed by atoms with van der Waals surface area (Å²) in [6, 6.07) is 10.2. The maximum absolute atomic E-state index is 10.5. The molecule has 0 amide bonds. The normalized spacial score (nSPS) is 12.8. The average Bonchev–Trinajstić information content (AvgIpc) is 3.14. The number of aliphatic imine (C=N–C) groups is 1. The molecule has 148 valence electrons. The summed E-state index contributed by atoms with van der Waals surface area (Å²) < 4.78 is 6.63. The minimum absolute atomic E-state index is 0.371. The molecule has 0 aliphatic heterocycles. The predicted molar refractivity (Wildman–Crippen MR) is 115 cm³/mol. The molecule has 0 saturated heterocycles. The van der Waals surface area contributed by atoms with Crippen LogP contribution >= 0.6 is 11.3 Å². The zero-order valence-corrected chi connectivity index (χ0v) is 17.4. The third-order valence-corrected chi connectivity index (χ3v) is 5.85. The smallest absolute Gasteiger partial charge is 0.191 e. The molecule has 3 aromatic rings. The van der Waals surface area contributed by atoms with Gasteiger partial charge in [-0.15, -0.1) is 11.3 Å². The van der Waals surface area contributed by atoms with E-state index in [1.165, 1.54) is 4.70 Å². The molecule has 6 nitrogen and oxygen atoms in total. The van der Waals surface area contributed by atoms with Gasteiger partial charge >= 0.3 is 0 Å². The fraction of sp³-hybridized carbons (Fsp3) is 0.333. The molecule has 2 aromatic heterocycles. The number of methoxy groups -OCH3 is 1. The summed E-state index contributed by atoms with van der Waals surface area (Å²) >= 11 is 1.61. The van der Waals surface area contributed by atoms with Crippen molar-refractivity contribution in [3.63, 3.8) is 0 Å². The Morgan fingerprint density at radius 2 is 2.07 bits per heavy atom. The van der Waals surface area contributed by atoms with Crippen LogP contribution in [-0.2, 0) is 6.54 Å². The third-order valence-electron chi connectivity index (χ3n) is 4.63. The van der Waals surface area contributed by atoms with Gasteiger partial charge in [0.15, 0.2) is 5.96 Å². The molecular formula is C21H26N4O2S. The number of aliphatic hydroxyl groups is 1. The number of pyridine rings is 1. The van der Waals surface area contributed by atoms with Crippen molar-refractivity contribution in [2.75, 3.05) is 20.7 Å². The molecule has 0 radical (unpaired) electrons. The number of aromatic nitrogens is 1. The van der Waals surface area contributed by atoms with Gasteiger partial charge in [-0.05, 0) is 31.4 Å². The second-order valence-electron chi connectivity index (χ2n) is 6.56. The largest absolute Gasteiger partial charge is 0.496 e. The number of rotatable bonds is 6. The highest BCUT2D eigenvalue weighted by molar-refractivity contribution is 7.19. The Morgan fingerprint density at radius 1 is 1.29 bits per heavy atom. The van der Waals surface area contributed by atoms with Crippen LogP contribution < -0.4 is 15.4 Å². The summed E-state index contributed by atoms with van der Waals surface area (Å²) in [6.45, 7) is 4.86. The zero-order valence-electron chi connectivity index (χ0n) is 16.6. The van der Waals surface area contributed by atoms with Crippen LogP contribution in [0.15, 0.2) is 41.5 Å². The molecular weight excluding hydrogens is 372 g/mol. The van der Waals surface area contributed by atoms with Gasteiger partial charge in [0.2, 0.25) is 0 Å². The van der Waals surface area contributed by atoms with Crippen molar-refractivity contribution >= 4 is 27.4 Å². The lowest BCUT2D eigenvalue weighted by Crippen LogP contribution is -2.39. The first-order valence-electron chi connectivity index (χ1n) is 9.13. The van der Waals surface area contributed by atoms with Gasteiger partial charge in [-0.1, -0.05) is 18.2 Å². The topological polar surface area (TPSA) is 78.8 Å². The molecule has 7 heteroatoms. The number of ether oxygens (including phenoxy) is 1. The Kier molecular flexibility index (Phi) is 6.49. The van der Waals surface area contributed by atoms with Crippen LogP contribution in [0.1, 0.15) is 27.8 Å². The molecule has 1 unspecified atom stereocenters. The molecule has 0 aliphatic carbocycles. The molecule has 3 N–H and O–H groups in total. The Morgan fingerprint density at radius 3 is 2.79 bits per heavy atom. The SMILES string of the molecule is CN=C(NCc1ncc(C)c(OC)c1C)NCC(O)c1cc2ccccc2s1. The number of hydrogen-bond acceptors (Lipinski definition) is 5. The van der Waals surface area contributed by atoms with E-state index < -0.39 is 6.10 Å². The van der Waals surface area contributed by atoms with Crippen LogP contribution in [0.5, 0.6) is 5.75 Å². The number of aryl methyl sites for hydroxylation is 1. The lowest BCUT2D eigenvalue weighted by molar-refractivity contribution is 0.184. The van der Waals surface area contributed by atoms with Gasteiger partial charge in [0.05, 0.1) is 19.3 Å². The van der Waals surface area contributed by atoms with Crippen molar-refractivity contribution in [3.8, 4) is 5.75 Å². The maximum Gasteiger partial charge on any atom is 0.191 e. The number of hydrogen-bond donors (Lipinski definition) is 3. The zero-order chi connectivity index (χ0) is 20.1. The minimum Gasteiger partial charge on any atom is -0.496 e. The van der Waals surface area contributed by atoms with Crippen molar-refractivity contribution in [2.45, 2.75) is 26.5 Å².